The molecule has 1 spiro atoms. The number of aromatic nitrogens is 1. The fourth-order valence-corrected chi connectivity index (χ4v) is 11.9. The van der Waals surface area contributed by atoms with Crippen LogP contribution in [0.3, 0.4) is 0 Å². The zero-order valence-corrected chi connectivity index (χ0v) is 37.2. The molecule has 68 heavy (non-hydrogen) atoms. The van der Waals surface area contributed by atoms with Crippen LogP contribution in [0.5, 0.6) is 0 Å². The zero-order valence-electron chi connectivity index (χ0n) is 37.2. The smallest absolute Gasteiger partial charge is 0.0727 e. The van der Waals surface area contributed by atoms with Crippen molar-refractivity contribution in [3.05, 3.63) is 283 Å². The van der Waals surface area contributed by atoms with Gasteiger partial charge < -0.3 is 14.4 Å². The number of benzene rings is 11. The highest BCUT2D eigenvalue weighted by Gasteiger charge is 2.53. The summed E-state index contributed by atoms with van der Waals surface area (Å²) in [5, 5.41) is 4.89. The van der Waals surface area contributed by atoms with E-state index in [0.717, 1.165) is 34.1 Å². The molecule has 0 saturated heterocycles. The van der Waals surface area contributed by atoms with Crippen molar-refractivity contribution in [2.75, 3.05) is 9.80 Å². The first-order chi connectivity index (χ1) is 33.8. The minimum atomic E-state index is -0.613. The van der Waals surface area contributed by atoms with E-state index in [4.69, 9.17) is 0 Å². The molecule has 3 nitrogen and oxygen atoms in total. The Morgan fingerprint density at radius 2 is 0.824 bits per heavy atom. The predicted molar refractivity (Wildman–Crippen MR) is 284 cm³/mol. The van der Waals surface area contributed by atoms with Crippen LogP contribution in [0.1, 0.15) is 22.3 Å². The van der Waals surface area contributed by atoms with Gasteiger partial charge >= 0.3 is 0 Å². The molecule has 3 heteroatoms. The lowest BCUT2D eigenvalue weighted by molar-refractivity contribution is 0.795. The number of hydrogen-bond donors (Lipinski definition) is 0. The highest BCUT2D eigenvalue weighted by molar-refractivity contribution is 6.13. The van der Waals surface area contributed by atoms with E-state index in [9.17, 15) is 0 Å². The largest absolute Gasteiger partial charge is 0.310 e. The molecule has 318 valence electrons. The summed E-state index contributed by atoms with van der Waals surface area (Å²) < 4.78 is 2.42. The maximum atomic E-state index is 2.51. The lowest BCUT2D eigenvalue weighted by Crippen LogP contribution is -2.26. The van der Waals surface area contributed by atoms with Crippen molar-refractivity contribution in [1.29, 1.82) is 0 Å². The van der Waals surface area contributed by atoms with E-state index >= 15 is 0 Å². The quantitative estimate of drug-likeness (QED) is 0.158. The maximum absolute atomic E-state index is 2.51. The predicted octanol–water partition coefficient (Wildman–Crippen LogP) is 17.2. The zero-order chi connectivity index (χ0) is 44.8. The molecule has 11 aromatic carbocycles. The summed E-state index contributed by atoms with van der Waals surface area (Å²) in [7, 11) is 0. The molecule has 1 unspecified atom stereocenters. The topological polar surface area (TPSA) is 11.4 Å². The van der Waals surface area contributed by atoms with Crippen LogP contribution in [-0.4, -0.2) is 4.57 Å². The van der Waals surface area contributed by atoms with Crippen molar-refractivity contribution < 1.29 is 0 Å². The molecule has 2 aliphatic carbocycles. The van der Waals surface area contributed by atoms with Gasteiger partial charge in [-0.15, -0.1) is 0 Å². The van der Waals surface area contributed by atoms with Gasteiger partial charge in [0, 0.05) is 55.7 Å². The molecule has 12 aromatic rings. The summed E-state index contributed by atoms with van der Waals surface area (Å²) in [5.74, 6) is 0. The van der Waals surface area contributed by atoms with E-state index < -0.39 is 5.41 Å². The highest BCUT2D eigenvalue weighted by Crippen LogP contribution is 2.67. The average molecular weight is 866 g/mol. The first-order valence-corrected chi connectivity index (χ1v) is 23.5. The van der Waals surface area contributed by atoms with Gasteiger partial charge in [0.05, 0.1) is 27.8 Å². The lowest BCUT2D eigenvalue weighted by Gasteiger charge is -2.33. The van der Waals surface area contributed by atoms with E-state index in [1.807, 2.05) is 0 Å². The second kappa shape index (κ2) is 15.1. The summed E-state index contributed by atoms with van der Waals surface area (Å²) >= 11 is 0. The van der Waals surface area contributed by atoms with E-state index in [1.165, 1.54) is 82.8 Å². The lowest BCUT2D eigenvalue weighted by atomic mass is 9.70. The summed E-state index contributed by atoms with van der Waals surface area (Å²) in [6.07, 6.45) is 0. The summed E-state index contributed by atoms with van der Waals surface area (Å²) in [5.41, 5.74) is 19.8. The van der Waals surface area contributed by atoms with Crippen LogP contribution in [0.4, 0.5) is 34.1 Å². The molecular weight excluding hydrogens is 823 g/mol. The van der Waals surface area contributed by atoms with Gasteiger partial charge in [-0.05, 0) is 118 Å². The van der Waals surface area contributed by atoms with Gasteiger partial charge in [-0.2, -0.15) is 0 Å². The summed E-state index contributed by atoms with van der Waals surface area (Å²) in [6.45, 7) is 0. The van der Waals surface area contributed by atoms with E-state index in [2.05, 4.69) is 275 Å². The Labute approximate surface area is 395 Å². The molecule has 0 fully saturated rings. The number of para-hydroxylation sites is 5. The third-order valence-electron chi connectivity index (χ3n) is 14.5. The number of hydrogen-bond acceptors (Lipinski definition) is 2. The SMILES string of the molecule is c1ccc(N(c2ccc3c4ccccc4n(-c4ccccc4)c3c2)c2cccc3c2-c2ccccc2C32c3ccccc3-c3c2cc2ccccc2c3N(c2ccccc2)c2ccccc2)cc1. The van der Waals surface area contributed by atoms with Crippen LogP contribution in [0.25, 0.3) is 60.5 Å². The summed E-state index contributed by atoms with van der Waals surface area (Å²) in [6, 6.07) is 96.1. The van der Waals surface area contributed by atoms with Crippen molar-refractivity contribution in [3.63, 3.8) is 0 Å². The molecule has 0 bridgehead atoms. The van der Waals surface area contributed by atoms with Crippen LogP contribution in [0.15, 0.2) is 261 Å². The Morgan fingerprint density at radius 1 is 0.309 bits per heavy atom. The van der Waals surface area contributed by atoms with Crippen molar-refractivity contribution in [1.82, 2.24) is 4.57 Å². The molecule has 0 saturated carbocycles. The van der Waals surface area contributed by atoms with Crippen LogP contribution in [0.2, 0.25) is 0 Å². The van der Waals surface area contributed by atoms with E-state index in [1.54, 1.807) is 0 Å². The van der Waals surface area contributed by atoms with E-state index in [0.29, 0.717) is 0 Å². The highest BCUT2D eigenvalue weighted by atomic mass is 15.2. The number of fused-ring (bicyclic) bond motifs is 14. The standard InChI is InChI=1S/C65H43N3/c1-5-23-45(24-6-1)66(49-40-41-52-51-32-17-20-38-59(51)68(61(52)43-49)48-29-11-4-12-30-48)60-39-21-37-57-62(60)53-33-15-18-35-55(53)65(57)56-36-19-16-34-54(56)63-58(65)42-44-22-13-14-31-50(44)64(63)67(46-25-7-2-8-26-46)47-27-9-3-10-28-47/h1-43H. The van der Waals surface area contributed by atoms with Gasteiger partial charge in [-0.3, -0.25) is 0 Å². The van der Waals surface area contributed by atoms with Gasteiger partial charge in [0.2, 0.25) is 0 Å². The minimum absolute atomic E-state index is 0.613. The van der Waals surface area contributed by atoms with Gasteiger partial charge in [0.1, 0.15) is 0 Å². The second-order valence-corrected chi connectivity index (χ2v) is 18.0. The fourth-order valence-electron chi connectivity index (χ4n) is 11.9. The molecule has 0 amide bonds. The van der Waals surface area contributed by atoms with Gasteiger partial charge in [-0.25, -0.2) is 0 Å². The Bertz CT molecular complexity index is 3870. The molecule has 1 aromatic heterocycles. The second-order valence-electron chi connectivity index (χ2n) is 18.0. The number of anilines is 6. The Balaban J connectivity index is 1.08. The summed E-state index contributed by atoms with van der Waals surface area (Å²) in [4.78, 5) is 4.97. The van der Waals surface area contributed by atoms with Crippen molar-refractivity contribution in [2.45, 2.75) is 5.41 Å². The first kappa shape index (κ1) is 38.4. The molecule has 1 atom stereocenters. The van der Waals surface area contributed by atoms with Crippen LogP contribution in [0, 0.1) is 0 Å². The molecule has 0 aliphatic heterocycles. The molecule has 0 N–H and O–H groups in total. The van der Waals surface area contributed by atoms with Crippen LogP contribution in [-0.2, 0) is 5.41 Å². The van der Waals surface area contributed by atoms with Crippen molar-refractivity contribution >= 4 is 66.7 Å². The van der Waals surface area contributed by atoms with Crippen LogP contribution >= 0.6 is 0 Å². The number of rotatable bonds is 7. The van der Waals surface area contributed by atoms with Gasteiger partial charge in [-0.1, -0.05) is 182 Å². The fraction of sp³-hybridized carbons (Fsp3) is 0.0154. The van der Waals surface area contributed by atoms with E-state index in [-0.39, 0.29) is 0 Å². The minimum Gasteiger partial charge on any atom is -0.310 e. The normalized spacial score (nSPS) is 14.2. The average Bonchev–Trinajstić information content (AvgIpc) is 4.02. The third kappa shape index (κ3) is 5.41. The van der Waals surface area contributed by atoms with Crippen LogP contribution < -0.4 is 9.80 Å². The van der Waals surface area contributed by atoms with Gasteiger partial charge in [0.15, 0.2) is 0 Å². The molecular formula is C65H43N3. The van der Waals surface area contributed by atoms with Crippen molar-refractivity contribution in [3.8, 4) is 27.9 Å². The van der Waals surface area contributed by atoms with Gasteiger partial charge in [0.25, 0.3) is 0 Å². The Kier molecular flexibility index (Phi) is 8.50. The molecule has 2 aliphatic rings. The Morgan fingerprint density at radius 3 is 1.50 bits per heavy atom. The molecule has 1 heterocycles. The van der Waals surface area contributed by atoms with Crippen molar-refractivity contribution in [2.24, 2.45) is 0 Å². The maximum Gasteiger partial charge on any atom is 0.0727 e. The first-order valence-electron chi connectivity index (χ1n) is 23.5. The molecule has 14 rings (SSSR count). The third-order valence-corrected chi connectivity index (χ3v) is 14.5. The Hall–Kier alpha value is -8.92. The number of nitrogens with zero attached hydrogens (tertiary/aromatic N) is 3. The molecule has 0 radical (unpaired) electrons. The monoisotopic (exact) mass is 865 g/mol.